The van der Waals surface area contributed by atoms with Gasteiger partial charge in [0.15, 0.2) is 6.10 Å². The van der Waals surface area contributed by atoms with Crippen LogP contribution in [-0.4, -0.2) is 24.7 Å². The first-order valence-corrected chi connectivity index (χ1v) is 10.7. The molecule has 2 unspecified atom stereocenters. The summed E-state index contributed by atoms with van der Waals surface area (Å²) in [6.45, 7) is 6.01. The molecule has 3 aromatic carbocycles. The van der Waals surface area contributed by atoms with E-state index in [1.165, 1.54) is 0 Å². The van der Waals surface area contributed by atoms with Crippen LogP contribution < -0.4 is 19.5 Å². The Morgan fingerprint density at radius 3 is 2.58 bits per heavy atom. The molecule has 1 heterocycles. The smallest absolute Gasteiger partial charge is 0.261 e. The van der Waals surface area contributed by atoms with Crippen LogP contribution in [0.2, 0.25) is 0 Å². The van der Waals surface area contributed by atoms with Gasteiger partial charge in [0.25, 0.3) is 5.91 Å². The Morgan fingerprint density at radius 2 is 1.84 bits per heavy atom. The first-order chi connectivity index (χ1) is 14.9. The van der Waals surface area contributed by atoms with Crippen molar-refractivity contribution < 1.29 is 19.0 Å². The molecular weight excluding hydrogens is 390 g/mol. The van der Waals surface area contributed by atoms with Gasteiger partial charge in [0, 0.05) is 18.1 Å². The second kappa shape index (κ2) is 8.50. The summed E-state index contributed by atoms with van der Waals surface area (Å²) in [5.74, 6) is 2.04. The maximum atomic E-state index is 13.2. The van der Waals surface area contributed by atoms with Gasteiger partial charge >= 0.3 is 0 Å². The van der Waals surface area contributed by atoms with Gasteiger partial charge in [0.05, 0.1) is 13.2 Å². The van der Waals surface area contributed by atoms with Gasteiger partial charge in [-0.05, 0) is 55.3 Å². The predicted molar refractivity (Wildman–Crippen MR) is 122 cm³/mol. The van der Waals surface area contributed by atoms with Crippen LogP contribution in [-0.2, 0) is 4.79 Å². The Kier molecular flexibility index (Phi) is 5.77. The molecule has 3 aromatic rings. The summed E-state index contributed by atoms with van der Waals surface area (Å²) in [6, 6.07) is 19.6. The molecule has 0 fully saturated rings. The number of hydrogen-bond acceptors (Lipinski definition) is 4. The van der Waals surface area contributed by atoms with Crippen molar-refractivity contribution in [2.75, 3.05) is 7.11 Å². The molecule has 5 heteroatoms. The summed E-state index contributed by atoms with van der Waals surface area (Å²) >= 11 is 0. The normalized spacial score (nSPS) is 17.9. The van der Waals surface area contributed by atoms with Crippen molar-refractivity contribution >= 4 is 16.7 Å². The fourth-order valence-corrected chi connectivity index (χ4v) is 4.08. The predicted octanol–water partition coefficient (Wildman–Crippen LogP) is 5.42. The van der Waals surface area contributed by atoms with Crippen molar-refractivity contribution in [1.82, 2.24) is 5.32 Å². The molecule has 1 N–H and O–H groups in total. The number of benzene rings is 3. The van der Waals surface area contributed by atoms with E-state index < -0.39 is 11.7 Å². The highest BCUT2D eigenvalue weighted by molar-refractivity contribution is 5.84. The summed E-state index contributed by atoms with van der Waals surface area (Å²) in [4.78, 5) is 13.2. The van der Waals surface area contributed by atoms with Crippen LogP contribution in [0, 0.1) is 0 Å². The van der Waals surface area contributed by atoms with Crippen molar-refractivity contribution in [3.63, 3.8) is 0 Å². The average Bonchev–Trinajstić information content (AvgIpc) is 2.76. The number of methoxy groups -OCH3 is 1. The van der Waals surface area contributed by atoms with Crippen LogP contribution >= 0.6 is 0 Å². The van der Waals surface area contributed by atoms with Crippen LogP contribution in [0.3, 0.4) is 0 Å². The molecule has 4 rings (SSSR count). The summed E-state index contributed by atoms with van der Waals surface area (Å²) in [5.41, 5.74) is 0.548. The lowest BCUT2D eigenvalue weighted by Crippen LogP contribution is -2.45. The first-order valence-electron chi connectivity index (χ1n) is 10.7. The van der Waals surface area contributed by atoms with Gasteiger partial charge in [-0.15, -0.1) is 0 Å². The quantitative estimate of drug-likeness (QED) is 0.579. The maximum Gasteiger partial charge on any atom is 0.261 e. The van der Waals surface area contributed by atoms with E-state index in [1.54, 1.807) is 7.11 Å². The number of hydrogen-bond donors (Lipinski definition) is 1. The van der Waals surface area contributed by atoms with Gasteiger partial charge in [-0.25, -0.2) is 0 Å². The van der Waals surface area contributed by atoms with E-state index in [0.29, 0.717) is 18.6 Å². The Balaban J connectivity index is 1.53. The zero-order chi connectivity index (χ0) is 22.0. The van der Waals surface area contributed by atoms with Gasteiger partial charge in [0.1, 0.15) is 22.8 Å². The molecule has 2 atom stereocenters. The fraction of sp³-hybridized carbons (Fsp3) is 0.346. The average molecular weight is 420 g/mol. The summed E-state index contributed by atoms with van der Waals surface area (Å²) in [6.07, 6.45) is 0.666. The second-order valence-corrected chi connectivity index (χ2v) is 8.55. The van der Waals surface area contributed by atoms with Gasteiger partial charge in [-0.3, -0.25) is 4.79 Å². The van der Waals surface area contributed by atoms with E-state index in [2.05, 4.69) is 11.4 Å². The summed E-state index contributed by atoms with van der Waals surface area (Å²) in [5, 5.41) is 5.42. The van der Waals surface area contributed by atoms with Crippen molar-refractivity contribution in [3.8, 4) is 17.2 Å². The lowest BCUT2D eigenvalue weighted by atomic mass is 9.89. The van der Waals surface area contributed by atoms with Crippen molar-refractivity contribution in [2.24, 2.45) is 0 Å². The van der Waals surface area contributed by atoms with Gasteiger partial charge in [-0.1, -0.05) is 37.3 Å². The first kappa shape index (κ1) is 21.0. The third-order valence-corrected chi connectivity index (χ3v) is 5.66. The molecule has 5 nitrogen and oxygen atoms in total. The zero-order valence-electron chi connectivity index (χ0n) is 18.5. The monoisotopic (exact) mass is 419 g/mol. The van der Waals surface area contributed by atoms with Crippen molar-refractivity contribution in [1.29, 1.82) is 0 Å². The van der Waals surface area contributed by atoms with E-state index in [-0.39, 0.29) is 11.9 Å². The summed E-state index contributed by atoms with van der Waals surface area (Å²) in [7, 11) is 1.63. The standard InChI is InChI=1S/C26H29NO4/c1-5-23(30-20-11-10-17-8-6-7-9-18(17)14-20)25(28)27-22-16-26(2,3)31-24-15-19(29-4)12-13-21(22)24/h6-15,22-23H,5,16H2,1-4H3,(H,27,28). The minimum Gasteiger partial charge on any atom is -0.497 e. The Hall–Kier alpha value is -3.21. The van der Waals surface area contributed by atoms with Crippen LogP contribution in [0.15, 0.2) is 60.7 Å². The maximum absolute atomic E-state index is 13.2. The molecule has 0 radical (unpaired) electrons. The molecule has 0 bridgehead atoms. The minimum absolute atomic E-state index is 0.125. The van der Waals surface area contributed by atoms with Crippen LogP contribution in [0.4, 0.5) is 0 Å². The minimum atomic E-state index is -0.575. The Bertz CT molecular complexity index is 1090. The lowest BCUT2D eigenvalue weighted by molar-refractivity contribution is -0.129. The van der Waals surface area contributed by atoms with E-state index in [9.17, 15) is 4.79 Å². The van der Waals surface area contributed by atoms with Gasteiger partial charge in [-0.2, -0.15) is 0 Å². The van der Waals surface area contributed by atoms with E-state index in [1.807, 2.05) is 75.4 Å². The number of rotatable bonds is 6. The van der Waals surface area contributed by atoms with E-state index in [0.717, 1.165) is 27.8 Å². The van der Waals surface area contributed by atoms with Crippen LogP contribution in [0.25, 0.3) is 10.8 Å². The van der Waals surface area contributed by atoms with E-state index in [4.69, 9.17) is 14.2 Å². The number of fused-ring (bicyclic) bond motifs is 2. The molecule has 1 aliphatic rings. The number of ether oxygens (including phenoxy) is 3. The van der Waals surface area contributed by atoms with Crippen molar-refractivity contribution in [2.45, 2.75) is 51.4 Å². The molecule has 0 spiro atoms. The Labute approximate surface area is 183 Å². The van der Waals surface area contributed by atoms with Crippen LogP contribution in [0.5, 0.6) is 17.2 Å². The molecule has 162 valence electrons. The van der Waals surface area contributed by atoms with E-state index >= 15 is 0 Å². The molecule has 0 aliphatic carbocycles. The third kappa shape index (κ3) is 4.61. The second-order valence-electron chi connectivity index (χ2n) is 8.55. The van der Waals surface area contributed by atoms with Gasteiger partial charge < -0.3 is 19.5 Å². The fourth-order valence-electron chi connectivity index (χ4n) is 4.08. The molecule has 0 saturated heterocycles. The van der Waals surface area contributed by atoms with Crippen LogP contribution in [0.1, 0.15) is 45.2 Å². The molecule has 1 aliphatic heterocycles. The van der Waals surface area contributed by atoms with Crippen molar-refractivity contribution in [3.05, 3.63) is 66.2 Å². The number of carbonyl (C=O) groups excluding carboxylic acids is 1. The third-order valence-electron chi connectivity index (χ3n) is 5.66. The molecule has 1 amide bonds. The highest BCUT2D eigenvalue weighted by Crippen LogP contribution is 2.41. The summed E-state index contributed by atoms with van der Waals surface area (Å²) < 4.78 is 17.6. The number of carbonyl (C=O) groups is 1. The molecule has 0 aromatic heterocycles. The van der Waals surface area contributed by atoms with Gasteiger partial charge in [0.2, 0.25) is 0 Å². The largest absolute Gasteiger partial charge is 0.497 e. The Morgan fingerprint density at radius 1 is 1.10 bits per heavy atom. The number of nitrogens with one attached hydrogen (secondary N) is 1. The molecule has 31 heavy (non-hydrogen) atoms. The topological polar surface area (TPSA) is 56.8 Å². The lowest BCUT2D eigenvalue weighted by Gasteiger charge is -2.38. The number of amides is 1. The highest BCUT2D eigenvalue weighted by Gasteiger charge is 2.36. The molecule has 0 saturated carbocycles. The molecular formula is C26H29NO4. The SMILES string of the molecule is CCC(Oc1ccc2ccccc2c1)C(=O)NC1CC(C)(C)Oc2cc(OC)ccc21. The zero-order valence-corrected chi connectivity index (χ0v) is 18.5. The highest BCUT2D eigenvalue weighted by atomic mass is 16.5.